The van der Waals surface area contributed by atoms with Crippen molar-refractivity contribution in [2.75, 3.05) is 19.7 Å². The van der Waals surface area contributed by atoms with Crippen LogP contribution in [0.25, 0.3) is 0 Å². The highest BCUT2D eigenvalue weighted by Crippen LogP contribution is 2.16. The Balaban J connectivity index is 1.62. The number of nitrogens with one attached hydrogen (secondary N) is 11. The Labute approximate surface area is 587 Å². The van der Waals surface area contributed by atoms with Crippen molar-refractivity contribution >= 4 is 70.9 Å². The van der Waals surface area contributed by atoms with Gasteiger partial charge >= 0.3 is 0 Å². The third-order valence-corrected chi connectivity index (χ3v) is 16.2. The van der Waals surface area contributed by atoms with Crippen LogP contribution >= 0.6 is 0 Å². The number of aliphatic hydroxyl groups is 2. The molecule has 4 rings (SSSR count). The fourth-order valence-electron chi connectivity index (χ4n) is 10.7. The summed E-state index contributed by atoms with van der Waals surface area (Å²) in [5, 5.41) is 57.6. The summed E-state index contributed by atoms with van der Waals surface area (Å²) < 4.78 is 0. The third-order valence-electron chi connectivity index (χ3n) is 16.2. The van der Waals surface area contributed by atoms with Crippen LogP contribution in [-0.4, -0.2) is 188 Å². The Morgan fingerprint density at radius 3 is 1.28 bits per heavy atom. The summed E-state index contributed by atoms with van der Waals surface area (Å²) in [6.07, 6.45) is 1.06. The highest BCUT2D eigenvalue weighted by atomic mass is 16.3. The van der Waals surface area contributed by atoms with Crippen molar-refractivity contribution in [3.8, 4) is 5.75 Å². The number of carbonyl (C=O) groups is 12. The Morgan fingerprint density at radius 2 is 0.832 bits per heavy atom. The van der Waals surface area contributed by atoms with E-state index in [0.29, 0.717) is 36.1 Å². The molecular formula is C69H103N17O15. The summed E-state index contributed by atoms with van der Waals surface area (Å²) in [5.41, 5.74) is 30.9. The molecule has 0 saturated heterocycles. The predicted molar refractivity (Wildman–Crippen MR) is 373 cm³/mol. The van der Waals surface area contributed by atoms with Gasteiger partial charge in [-0.2, -0.15) is 0 Å². The number of hydrogen-bond donors (Lipinski definition) is 19. The molecule has 554 valence electrons. The molecule has 101 heavy (non-hydrogen) atoms. The van der Waals surface area contributed by atoms with Crippen LogP contribution in [0.5, 0.6) is 5.75 Å². The molecule has 3 aromatic carbocycles. The number of primary amides is 2. The number of amides is 12. The van der Waals surface area contributed by atoms with E-state index in [2.05, 4.69) is 63.1 Å². The number of rotatable bonds is 46. The Kier molecular flexibility index (Phi) is 36.1. The van der Waals surface area contributed by atoms with Gasteiger partial charge in [-0.1, -0.05) is 100 Å². The predicted octanol–water partition coefficient (Wildman–Crippen LogP) is -2.96. The summed E-state index contributed by atoms with van der Waals surface area (Å²) in [6.45, 7) is 7.72. The quantitative estimate of drug-likeness (QED) is 0.0197. The number of carbonyl (C=O) groups excluding carboxylic acids is 12. The van der Waals surface area contributed by atoms with Crippen LogP contribution in [0, 0.1) is 11.8 Å². The first-order chi connectivity index (χ1) is 48.0. The molecule has 4 aromatic rings. The van der Waals surface area contributed by atoms with Crippen molar-refractivity contribution in [2.24, 2.45) is 40.5 Å². The van der Waals surface area contributed by atoms with Crippen molar-refractivity contribution in [3.63, 3.8) is 0 Å². The van der Waals surface area contributed by atoms with E-state index in [1.807, 2.05) is 32.0 Å². The first kappa shape index (κ1) is 83.5. The third kappa shape index (κ3) is 30.2. The maximum absolute atomic E-state index is 14.8. The SMILES string of the molecule is CC(C)CC(NC(=O)C(CCCCN)NC(=O)C(CCC(N)=O)NC(=O)C(NC(=O)C(CCCCN)NC(=O)C(CO)NC(=O)C(Cc1ccc(O)cc1)NC(=O)C(Cc1cnc[nH]1)NC(=O)C(Cc1ccccc1)NC(=O)C(CC(C)C)NC(=O)C(N)Cc1ccccc1)C(C)O)C(N)=O. The molecule has 0 aliphatic carbocycles. The zero-order valence-electron chi connectivity index (χ0n) is 57.9. The number of aliphatic hydroxyl groups excluding tert-OH is 2. The Hall–Kier alpha value is -9.89. The molecular weight excluding hydrogens is 1310 g/mol. The number of phenolic OH excluding ortho intramolecular Hbond substituents is 1. The van der Waals surface area contributed by atoms with Crippen molar-refractivity contribution in [1.82, 2.24) is 63.1 Å². The molecule has 32 nitrogen and oxygen atoms in total. The number of aromatic amines is 1. The fraction of sp³-hybridized carbons (Fsp3) is 0.522. The van der Waals surface area contributed by atoms with E-state index in [4.69, 9.17) is 28.7 Å². The van der Waals surface area contributed by atoms with E-state index in [1.54, 1.807) is 56.3 Å². The summed E-state index contributed by atoms with van der Waals surface area (Å²) >= 11 is 0. The van der Waals surface area contributed by atoms with Gasteiger partial charge < -0.3 is 102 Å². The number of nitrogens with zero attached hydrogens (tertiary/aromatic N) is 1. The van der Waals surface area contributed by atoms with Crippen molar-refractivity contribution in [1.29, 1.82) is 0 Å². The molecule has 0 spiro atoms. The summed E-state index contributed by atoms with van der Waals surface area (Å²) in [4.78, 5) is 174. The van der Waals surface area contributed by atoms with E-state index in [1.165, 1.54) is 36.8 Å². The van der Waals surface area contributed by atoms with Crippen molar-refractivity contribution in [2.45, 2.75) is 197 Å². The standard InChI is InChI=1S/C69H103N17O15/c1-39(2)30-51(59(74)91)80-61(93)48(20-12-14-28-70)77-62(94)50(26-27-57(73)90)79-69(101)58(41(5)88)86-63(95)49(21-13-15-29-71)78-68(100)56(37-87)85-66(98)54(34-44-22-24-46(89)25-23-44)83-67(99)55(35-45-36-75-38-76-45)84-65(97)53(33-43-18-10-7-11-19-43)82-64(96)52(31-40(3)4)81-60(92)47(72)32-42-16-8-6-9-17-42/h6-11,16-19,22-25,36,38-41,47-56,58,87-89H,12-15,20-21,26-35,37,70-72H2,1-5H3,(H2,73,90)(H2,74,91)(H,75,76)(H,77,94)(H,78,100)(H,79,101)(H,80,93)(H,81,92)(H,82,96)(H,83,99)(H,84,97)(H,85,98)(H,86,95). The summed E-state index contributed by atoms with van der Waals surface area (Å²) in [7, 11) is 0. The number of aromatic nitrogens is 2. The van der Waals surface area contributed by atoms with Crippen LogP contribution < -0.4 is 81.8 Å². The molecule has 0 fully saturated rings. The van der Waals surface area contributed by atoms with E-state index in [9.17, 15) is 72.9 Å². The molecule has 24 N–H and O–H groups in total. The second-order valence-corrected chi connectivity index (χ2v) is 25.8. The second-order valence-electron chi connectivity index (χ2n) is 25.8. The molecule has 0 aliphatic heterocycles. The van der Waals surface area contributed by atoms with Gasteiger partial charge in [-0.25, -0.2) is 4.98 Å². The summed E-state index contributed by atoms with van der Waals surface area (Å²) in [6, 6.07) is 7.20. The zero-order chi connectivity index (χ0) is 74.7. The monoisotopic (exact) mass is 1410 g/mol. The van der Waals surface area contributed by atoms with Gasteiger partial charge in [0.05, 0.1) is 25.1 Å². The fourth-order valence-corrected chi connectivity index (χ4v) is 10.7. The Morgan fingerprint density at radius 1 is 0.446 bits per heavy atom. The van der Waals surface area contributed by atoms with E-state index >= 15 is 0 Å². The topological polar surface area (TPSA) is 545 Å². The van der Waals surface area contributed by atoms with Crippen LogP contribution in [0.15, 0.2) is 97.5 Å². The van der Waals surface area contributed by atoms with Crippen LogP contribution in [-0.2, 0) is 83.2 Å². The number of phenols is 1. The van der Waals surface area contributed by atoms with Gasteiger partial charge in [0, 0.05) is 37.6 Å². The number of nitrogens with two attached hydrogens (primary N) is 5. The van der Waals surface area contributed by atoms with Gasteiger partial charge in [-0.3, -0.25) is 57.5 Å². The molecule has 12 atom stereocenters. The van der Waals surface area contributed by atoms with Gasteiger partial charge in [-0.05, 0) is 125 Å². The summed E-state index contributed by atoms with van der Waals surface area (Å²) in [5.74, 6) is -11.4. The van der Waals surface area contributed by atoms with E-state index in [0.717, 1.165) is 12.5 Å². The van der Waals surface area contributed by atoms with E-state index in [-0.39, 0.29) is 88.5 Å². The molecule has 0 saturated carbocycles. The number of benzene rings is 3. The van der Waals surface area contributed by atoms with Gasteiger partial charge in [-0.15, -0.1) is 0 Å². The molecule has 12 amide bonds. The number of unbranched alkanes of at least 4 members (excludes halogenated alkanes) is 2. The zero-order valence-corrected chi connectivity index (χ0v) is 57.9. The Bertz CT molecular complexity index is 3310. The molecule has 1 heterocycles. The molecule has 12 unspecified atom stereocenters. The minimum Gasteiger partial charge on any atom is -0.508 e. The smallest absolute Gasteiger partial charge is 0.245 e. The van der Waals surface area contributed by atoms with Crippen LogP contribution in [0.2, 0.25) is 0 Å². The lowest BCUT2D eigenvalue weighted by atomic mass is 9.99. The first-order valence-electron chi connectivity index (χ1n) is 33.9. The number of hydrogen-bond acceptors (Lipinski definition) is 19. The van der Waals surface area contributed by atoms with Crippen molar-refractivity contribution < 1.29 is 72.9 Å². The highest BCUT2D eigenvalue weighted by Gasteiger charge is 2.38. The minimum atomic E-state index is -1.87. The second kappa shape index (κ2) is 43.6. The van der Waals surface area contributed by atoms with Gasteiger partial charge in [0.2, 0.25) is 70.9 Å². The van der Waals surface area contributed by atoms with Crippen LogP contribution in [0.4, 0.5) is 0 Å². The average molecular weight is 1410 g/mol. The number of imidazole rings is 1. The lowest BCUT2D eigenvalue weighted by molar-refractivity contribution is -0.137. The van der Waals surface area contributed by atoms with Gasteiger partial charge in [0.1, 0.15) is 66.2 Å². The minimum absolute atomic E-state index is 0.0225. The van der Waals surface area contributed by atoms with Crippen LogP contribution in [0.3, 0.4) is 0 Å². The molecule has 1 aromatic heterocycles. The van der Waals surface area contributed by atoms with Gasteiger partial charge in [0.25, 0.3) is 0 Å². The molecule has 0 radical (unpaired) electrons. The average Bonchev–Trinajstić information content (AvgIpc) is 1.48. The molecule has 0 aliphatic rings. The lowest BCUT2D eigenvalue weighted by Crippen LogP contribution is -2.62. The lowest BCUT2D eigenvalue weighted by Gasteiger charge is -2.29. The number of aromatic hydroxyl groups is 1. The van der Waals surface area contributed by atoms with Crippen molar-refractivity contribution in [3.05, 3.63) is 120 Å². The van der Waals surface area contributed by atoms with Crippen LogP contribution in [0.1, 0.15) is 121 Å². The maximum Gasteiger partial charge on any atom is 0.245 e. The first-order valence-corrected chi connectivity index (χ1v) is 33.9. The molecule has 32 heteroatoms. The van der Waals surface area contributed by atoms with E-state index < -0.39 is 163 Å². The van der Waals surface area contributed by atoms with Gasteiger partial charge in [0.15, 0.2) is 0 Å². The maximum atomic E-state index is 14.8. The largest absolute Gasteiger partial charge is 0.508 e. The highest BCUT2D eigenvalue weighted by molar-refractivity contribution is 5.99. The number of H-pyrrole nitrogens is 1. The normalized spacial score (nSPS) is 14.8. The molecule has 0 bridgehead atoms.